The van der Waals surface area contributed by atoms with E-state index in [1.54, 1.807) is 12.1 Å². The van der Waals surface area contributed by atoms with E-state index < -0.39 is 0 Å². The smallest absolute Gasteiger partial charge is 0.250 e. The maximum Gasteiger partial charge on any atom is 0.250 e. The van der Waals surface area contributed by atoms with Gasteiger partial charge in [-0.05, 0) is 26.0 Å². The first-order valence-corrected chi connectivity index (χ1v) is 11.2. The summed E-state index contributed by atoms with van der Waals surface area (Å²) in [5.41, 5.74) is 5.38. The summed E-state index contributed by atoms with van der Waals surface area (Å²) in [5, 5.41) is 13.3. The lowest BCUT2D eigenvalue weighted by Gasteiger charge is -2.12. The number of nitrogens with one attached hydrogen (secondary N) is 1. The number of aryl methyl sites for hydroxylation is 1. The van der Waals surface area contributed by atoms with E-state index in [-0.39, 0.29) is 11.7 Å². The van der Waals surface area contributed by atoms with Crippen LogP contribution in [0.5, 0.6) is 17.2 Å². The van der Waals surface area contributed by atoms with Crippen molar-refractivity contribution in [3.8, 4) is 28.6 Å². The Morgan fingerprint density at radius 2 is 1.76 bits per heavy atom. The average molecular weight is 470 g/mol. The van der Waals surface area contributed by atoms with E-state index in [1.165, 1.54) is 44.9 Å². The Hall–Kier alpha value is -3.53. The van der Waals surface area contributed by atoms with Gasteiger partial charge in [-0.1, -0.05) is 41.6 Å². The van der Waals surface area contributed by atoms with E-state index in [2.05, 4.69) is 20.7 Å². The molecule has 174 valence electrons. The van der Waals surface area contributed by atoms with Crippen molar-refractivity contribution in [3.05, 3.63) is 47.5 Å². The van der Waals surface area contributed by atoms with Crippen LogP contribution >= 0.6 is 11.8 Å². The predicted molar refractivity (Wildman–Crippen MR) is 128 cm³/mol. The van der Waals surface area contributed by atoms with Crippen LogP contribution in [-0.4, -0.2) is 54.0 Å². The van der Waals surface area contributed by atoms with Crippen molar-refractivity contribution in [1.29, 1.82) is 0 Å². The maximum absolute atomic E-state index is 12.3. The van der Waals surface area contributed by atoms with Gasteiger partial charge in [0.25, 0.3) is 5.91 Å². The highest BCUT2D eigenvalue weighted by molar-refractivity contribution is 7.99. The maximum atomic E-state index is 12.3. The number of hydrogen-bond acceptors (Lipinski definition) is 8. The molecule has 0 aliphatic rings. The van der Waals surface area contributed by atoms with E-state index in [4.69, 9.17) is 14.2 Å². The van der Waals surface area contributed by atoms with Crippen LogP contribution in [0.4, 0.5) is 0 Å². The molecule has 1 N–H and O–H groups in total. The van der Waals surface area contributed by atoms with Gasteiger partial charge >= 0.3 is 0 Å². The first kappa shape index (κ1) is 24.1. The van der Waals surface area contributed by atoms with Crippen molar-refractivity contribution in [2.24, 2.45) is 5.10 Å². The Balaban J connectivity index is 1.62. The molecule has 2 aromatic carbocycles. The van der Waals surface area contributed by atoms with Crippen LogP contribution in [-0.2, 0) is 11.3 Å². The molecule has 0 aliphatic heterocycles. The third-order valence-corrected chi connectivity index (χ3v) is 5.73. The number of carbonyl (C=O) groups excluding carboxylic acids is 1. The summed E-state index contributed by atoms with van der Waals surface area (Å²) in [6.45, 7) is 4.75. The lowest BCUT2D eigenvalue weighted by Crippen LogP contribution is -2.20. The number of amides is 1. The third kappa shape index (κ3) is 5.83. The predicted octanol–water partition coefficient (Wildman–Crippen LogP) is 3.54. The first-order valence-electron chi connectivity index (χ1n) is 10.3. The lowest BCUT2D eigenvalue weighted by atomic mass is 10.1. The second-order valence-electron chi connectivity index (χ2n) is 6.96. The number of rotatable bonds is 10. The highest BCUT2D eigenvalue weighted by Crippen LogP contribution is 2.37. The van der Waals surface area contributed by atoms with Crippen molar-refractivity contribution in [2.75, 3.05) is 27.1 Å². The van der Waals surface area contributed by atoms with Crippen LogP contribution < -0.4 is 19.6 Å². The molecule has 0 saturated carbocycles. The van der Waals surface area contributed by atoms with E-state index >= 15 is 0 Å². The van der Waals surface area contributed by atoms with Gasteiger partial charge in [0.2, 0.25) is 5.75 Å². The molecule has 1 heterocycles. The van der Waals surface area contributed by atoms with E-state index in [0.29, 0.717) is 34.5 Å². The quantitative estimate of drug-likeness (QED) is 0.275. The van der Waals surface area contributed by atoms with Crippen LogP contribution in [0.3, 0.4) is 0 Å². The lowest BCUT2D eigenvalue weighted by molar-refractivity contribution is -0.118. The summed E-state index contributed by atoms with van der Waals surface area (Å²) >= 11 is 1.31. The minimum absolute atomic E-state index is 0.151. The van der Waals surface area contributed by atoms with E-state index in [1.807, 2.05) is 42.7 Å². The number of ether oxygens (including phenoxy) is 3. The molecule has 0 bridgehead atoms. The van der Waals surface area contributed by atoms with Gasteiger partial charge in [0.15, 0.2) is 22.5 Å². The SMILES string of the molecule is CCn1c(SCC(=O)NN=Cc2cc(OC)c(OC)c(OC)c2)nnc1-c1ccc(C)cc1. The molecule has 33 heavy (non-hydrogen) atoms. The van der Waals surface area contributed by atoms with E-state index in [9.17, 15) is 4.79 Å². The van der Waals surface area contributed by atoms with Gasteiger partial charge in [0.05, 0.1) is 33.3 Å². The molecule has 3 aromatic rings. The number of hydrazone groups is 1. The summed E-state index contributed by atoms with van der Waals surface area (Å²) in [7, 11) is 4.61. The fourth-order valence-corrected chi connectivity index (χ4v) is 3.91. The first-order chi connectivity index (χ1) is 16.0. The van der Waals surface area contributed by atoms with Crippen molar-refractivity contribution in [1.82, 2.24) is 20.2 Å². The molecule has 3 rings (SSSR count). The van der Waals surface area contributed by atoms with Crippen LogP contribution in [0.25, 0.3) is 11.4 Å². The molecule has 0 fully saturated rings. The average Bonchev–Trinajstić information content (AvgIpc) is 3.25. The van der Waals surface area contributed by atoms with Crippen LogP contribution in [0.1, 0.15) is 18.1 Å². The minimum atomic E-state index is -0.258. The molecule has 1 aromatic heterocycles. The fourth-order valence-electron chi connectivity index (χ4n) is 3.11. The summed E-state index contributed by atoms with van der Waals surface area (Å²) in [6.07, 6.45) is 1.51. The number of aromatic nitrogens is 3. The zero-order valence-electron chi connectivity index (χ0n) is 19.3. The second kappa shape index (κ2) is 11.4. The zero-order chi connectivity index (χ0) is 23.8. The monoisotopic (exact) mass is 469 g/mol. The molecule has 0 atom stereocenters. The van der Waals surface area contributed by atoms with Gasteiger partial charge in [0, 0.05) is 17.7 Å². The highest BCUT2D eigenvalue weighted by Gasteiger charge is 2.15. The molecule has 0 unspecified atom stereocenters. The van der Waals surface area contributed by atoms with Gasteiger partial charge in [-0.15, -0.1) is 10.2 Å². The van der Waals surface area contributed by atoms with Crippen LogP contribution in [0.2, 0.25) is 0 Å². The van der Waals surface area contributed by atoms with Gasteiger partial charge in [-0.2, -0.15) is 5.10 Å². The number of hydrogen-bond donors (Lipinski definition) is 1. The minimum Gasteiger partial charge on any atom is -0.493 e. The molecule has 9 nitrogen and oxygen atoms in total. The fraction of sp³-hybridized carbons (Fsp3) is 0.304. The zero-order valence-corrected chi connectivity index (χ0v) is 20.1. The normalized spacial score (nSPS) is 10.9. The number of nitrogens with zero attached hydrogens (tertiary/aromatic N) is 4. The molecule has 0 radical (unpaired) electrons. The largest absolute Gasteiger partial charge is 0.493 e. The Morgan fingerprint density at radius 3 is 2.33 bits per heavy atom. The third-order valence-electron chi connectivity index (χ3n) is 4.77. The molecule has 0 aliphatic carbocycles. The summed E-state index contributed by atoms with van der Waals surface area (Å²) < 4.78 is 17.9. The Kier molecular flexibility index (Phi) is 8.31. The number of carbonyl (C=O) groups is 1. The number of methoxy groups -OCH3 is 3. The van der Waals surface area contributed by atoms with Crippen LogP contribution in [0, 0.1) is 6.92 Å². The van der Waals surface area contributed by atoms with Gasteiger partial charge in [0.1, 0.15) is 0 Å². The van der Waals surface area contributed by atoms with Gasteiger partial charge in [-0.25, -0.2) is 5.43 Å². The second-order valence-corrected chi connectivity index (χ2v) is 7.90. The Bertz CT molecular complexity index is 1100. The van der Waals surface area contributed by atoms with Gasteiger partial charge in [-0.3, -0.25) is 4.79 Å². The van der Waals surface area contributed by atoms with Crippen molar-refractivity contribution >= 4 is 23.9 Å². The van der Waals surface area contributed by atoms with Gasteiger partial charge < -0.3 is 18.8 Å². The Morgan fingerprint density at radius 1 is 1.09 bits per heavy atom. The topological polar surface area (TPSA) is 99.9 Å². The number of thioether (sulfide) groups is 1. The summed E-state index contributed by atoms with van der Waals surface area (Å²) in [6, 6.07) is 11.6. The summed E-state index contributed by atoms with van der Waals surface area (Å²) in [4.78, 5) is 12.3. The molecule has 0 saturated heterocycles. The molecule has 0 spiro atoms. The molecule has 10 heteroatoms. The highest BCUT2D eigenvalue weighted by atomic mass is 32.2. The van der Waals surface area contributed by atoms with Crippen molar-refractivity contribution in [3.63, 3.8) is 0 Å². The molecular weight excluding hydrogens is 442 g/mol. The number of benzene rings is 2. The van der Waals surface area contributed by atoms with Crippen LogP contribution in [0.15, 0.2) is 46.7 Å². The summed E-state index contributed by atoms with van der Waals surface area (Å²) in [5.74, 6) is 2.17. The molecular formula is C23H27N5O4S. The van der Waals surface area contributed by atoms with E-state index in [0.717, 1.165) is 11.4 Å². The van der Waals surface area contributed by atoms with Crippen molar-refractivity contribution in [2.45, 2.75) is 25.5 Å². The molecule has 1 amide bonds. The standard InChI is InChI=1S/C23H27N5O4S/c1-6-28-22(17-9-7-15(2)8-10-17)26-27-23(28)33-14-20(29)25-24-13-16-11-18(30-3)21(32-5)19(12-16)31-4/h7-13H,6,14H2,1-5H3,(H,25,29). The Labute approximate surface area is 197 Å². The van der Waals surface area contributed by atoms with Crippen molar-refractivity contribution < 1.29 is 19.0 Å².